The number of amides is 1. The van der Waals surface area contributed by atoms with Crippen LogP contribution in [0.15, 0.2) is 72.8 Å². The highest BCUT2D eigenvalue weighted by Gasteiger charge is 2.22. The Labute approximate surface area is 172 Å². The fourth-order valence-electron chi connectivity index (χ4n) is 3.50. The third-order valence-electron chi connectivity index (χ3n) is 5.06. The van der Waals surface area contributed by atoms with Crippen LogP contribution < -0.4 is 14.8 Å². The second-order valence-corrected chi connectivity index (χ2v) is 6.93. The lowest BCUT2D eigenvalue weighted by Crippen LogP contribution is -2.31. The quantitative estimate of drug-likeness (QED) is 0.617. The number of rotatable bonds is 8. The van der Waals surface area contributed by atoms with E-state index in [2.05, 4.69) is 5.32 Å². The molecule has 0 unspecified atom stereocenters. The number of hydrogen-bond acceptors (Lipinski definition) is 3. The van der Waals surface area contributed by atoms with Crippen LogP contribution in [0.1, 0.15) is 28.2 Å². The number of aryl methyl sites for hydroxylation is 1. The molecular weight excluding hydrogens is 362 g/mol. The predicted octanol–water partition coefficient (Wildman–Crippen LogP) is 4.50. The predicted molar refractivity (Wildman–Crippen MR) is 116 cm³/mol. The van der Waals surface area contributed by atoms with Gasteiger partial charge in [-0.15, -0.1) is 0 Å². The summed E-state index contributed by atoms with van der Waals surface area (Å²) in [5, 5.41) is 3.11. The second-order valence-electron chi connectivity index (χ2n) is 6.93. The van der Waals surface area contributed by atoms with Gasteiger partial charge in [-0.2, -0.15) is 0 Å². The summed E-state index contributed by atoms with van der Waals surface area (Å²) in [5.74, 6) is 1.08. The fourth-order valence-corrected chi connectivity index (χ4v) is 3.50. The van der Waals surface area contributed by atoms with Crippen LogP contribution in [0, 0.1) is 6.92 Å². The van der Waals surface area contributed by atoms with Crippen molar-refractivity contribution >= 4 is 5.91 Å². The van der Waals surface area contributed by atoms with Crippen molar-refractivity contribution in [2.24, 2.45) is 0 Å². The highest BCUT2D eigenvalue weighted by atomic mass is 16.5. The number of carbonyl (C=O) groups excluding carboxylic acids is 1. The Hall–Kier alpha value is -3.27. The molecule has 0 saturated heterocycles. The van der Waals surface area contributed by atoms with Gasteiger partial charge in [-0.25, -0.2) is 0 Å². The number of nitrogens with one attached hydrogen (secondary N) is 1. The molecule has 4 nitrogen and oxygen atoms in total. The lowest BCUT2D eigenvalue weighted by atomic mass is 9.90. The van der Waals surface area contributed by atoms with Gasteiger partial charge in [-0.3, -0.25) is 4.79 Å². The third-order valence-corrected chi connectivity index (χ3v) is 5.06. The Bertz CT molecular complexity index is 900. The number of methoxy groups -OCH3 is 2. The van der Waals surface area contributed by atoms with E-state index in [9.17, 15) is 4.79 Å². The summed E-state index contributed by atoms with van der Waals surface area (Å²) in [7, 11) is 3.26. The summed E-state index contributed by atoms with van der Waals surface area (Å²) in [6, 6.07) is 23.7. The summed E-state index contributed by atoms with van der Waals surface area (Å²) in [4.78, 5) is 13.1. The van der Waals surface area contributed by atoms with Gasteiger partial charge in [0.15, 0.2) is 11.5 Å². The summed E-state index contributed by atoms with van der Waals surface area (Å²) in [6.45, 7) is 2.58. The van der Waals surface area contributed by atoms with E-state index in [1.165, 1.54) is 0 Å². The van der Waals surface area contributed by atoms with Crippen LogP contribution in [0.2, 0.25) is 0 Å². The van der Waals surface area contributed by atoms with Crippen molar-refractivity contribution in [3.8, 4) is 11.5 Å². The van der Waals surface area contributed by atoms with E-state index >= 15 is 0 Å². The normalized spacial score (nSPS) is 10.6. The molecular formula is C25H27NO3. The van der Waals surface area contributed by atoms with Crippen molar-refractivity contribution in [1.82, 2.24) is 5.32 Å². The van der Waals surface area contributed by atoms with Crippen molar-refractivity contribution in [2.75, 3.05) is 20.8 Å². The van der Waals surface area contributed by atoms with Crippen molar-refractivity contribution in [3.05, 3.63) is 95.1 Å². The standard InChI is InChI=1S/C25H27NO3/c1-18-16-22(28-2)23(29-3)17-21(18)14-15-26-25(27)24(19-10-6-4-7-11-19)20-12-8-5-9-13-20/h4-13,16-17,24H,14-15H2,1-3H3,(H,26,27). The summed E-state index contributed by atoms with van der Waals surface area (Å²) in [6.07, 6.45) is 0.716. The highest BCUT2D eigenvalue weighted by Crippen LogP contribution is 2.30. The van der Waals surface area contributed by atoms with Crippen LogP contribution in [0.25, 0.3) is 0 Å². The van der Waals surface area contributed by atoms with Crippen LogP contribution in [-0.4, -0.2) is 26.7 Å². The van der Waals surface area contributed by atoms with Gasteiger partial charge in [0, 0.05) is 6.54 Å². The highest BCUT2D eigenvalue weighted by molar-refractivity contribution is 5.87. The Balaban J connectivity index is 1.73. The first-order valence-electron chi connectivity index (χ1n) is 9.73. The molecule has 0 bridgehead atoms. The maximum absolute atomic E-state index is 13.1. The molecule has 3 aromatic carbocycles. The first-order valence-corrected chi connectivity index (χ1v) is 9.73. The molecule has 4 heteroatoms. The van der Waals surface area contributed by atoms with Gasteiger partial charge < -0.3 is 14.8 Å². The number of benzene rings is 3. The molecule has 0 aliphatic heterocycles. The van der Waals surface area contributed by atoms with Gasteiger partial charge in [0.2, 0.25) is 5.91 Å². The Morgan fingerprint density at radius 1 is 0.862 bits per heavy atom. The molecule has 0 radical (unpaired) electrons. The van der Waals surface area contributed by atoms with E-state index in [-0.39, 0.29) is 11.8 Å². The zero-order valence-electron chi connectivity index (χ0n) is 17.1. The fraction of sp³-hybridized carbons (Fsp3) is 0.240. The van der Waals surface area contributed by atoms with Crippen LogP contribution in [-0.2, 0) is 11.2 Å². The molecule has 3 aromatic rings. The van der Waals surface area contributed by atoms with Gasteiger partial charge in [0.1, 0.15) is 0 Å². The van der Waals surface area contributed by atoms with E-state index < -0.39 is 0 Å². The molecule has 0 spiro atoms. The lowest BCUT2D eigenvalue weighted by molar-refractivity contribution is -0.121. The largest absolute Gasteiger partial charge is 0.493 e. The lowest BCUT2D eigenvalue weighted by Gasteiger charge is -2.18. The third kappa shape index (κ3) is 4.96. The molecule has 0 atom stereocenters. The van der Waals surface area contributed by atoms with Crippen LogP contribution in [0.4, 0.5) is 0 Å². The Morgan fingerprint density at radius 2 is 1.38 bits per heavy atom. The molecule has 29 heavy (non-hydrogen) atoms. The van der Waals surface area contributed by atoms with Crippen molar-refractivity contribution in [2.45, 2.75) is 19.3 Å². The van der Waals surface area contributed by atoms with Gasteiger partial charge >= 0.3 is 0 Å². The van der Waals surface area contributed by atoms with Crippen molar-refractivity contribution < 1.29 is 14.3 Å². The zero-order chi connectivity index (χ0) is 20.6. The molecule has 0 heterocycles. The number of carbonyl (C=O) groups is 1. The van der Waals surface area contributed by atoms with Gasteiger partial charge in [0.05, 0.1) is 20.1 Å². The Kier molecular flexibility index (Phi) is 6.90. The first-order chi connectivity index (χ1) is 14.1. The molecule has 0 aliphatic rings. The van der Waals surface area contributed by atoms with Crippen molar-refractivity contribution in [3.63, 3.8) is 0 Å². The van der Waals surface area contributed by atoms with E-state index in [0.717, 1.165) is 22.3 Å². The van der Waals surface area contributed by atoms with Gasteiger partial charge in [-0.05, 0) is 47.7 Å². The number of hydrogen-bond donors (Lipinski definition) is 1. The molecule has 3 rings (SSSR count). The Morgan fingerprint density at radius 3 is 1.90 bits per heavy atom. The smallest absolute Gasteiger partial charge is 0.232 e. The topological polar surface area (TPSA) is 47.6 Å². The van der Waals surface area contributed by atoms with Crippen LogP contribution in [0.3, 0.4) is 0 Å². The minimum absolute atomic E-state index is 0.000490. The first kappa shape index (κ1) is 20.5. The summed E-state index contributed by atoms with van der Waals surface area (Å²) < 4.78 is 10.8. The van der Waals surface area contributed by atoms with E-state index in [1.54, 1.807) is 14.2 Å². The van der Waals surface area contributed by atoms with E-state index in [1.807, 2.05) is 79.7 Å². The number of ether oxygens (including phenoxy) is 2. The molecule has 0 aliphatic carbocycles. The molecule has 1 N–H and O–H groups in total. The van der Waals surface area contributed by atoms with Crippen LogP contribution in [0.5, 0.6) is 11.5 Å². The molecule has 0 saturated carbocycles. The van der Waals surface area contributed by atoms with Gasteiger partial charge in [0.25, 0.3) is 0 Å². The minimum Gasteiger partial charge on any atom is -0.493 e. The summed E-state index contributed by atoms with van der Waals surface area (Å²) >= 11 is 0. The maximum Gasteiger partial charge on any atom is 0.232 e. The average Bonchev–Trinajstić information content (AvgIpc) is 2.76. The second kappa shape index (κ2) is 9.78. The molecule has 1 amide bonds. The van der Waals surface area contributed by atoms with E-state index in [0.29, 0.717) is 24.5 Å². The maximum atomic E-state index is 13.1. The SMILES string of the molecule is COc1cc(C)c(CCNC(=O)C(c2ccccc2)c2ccccc2)cc1OC. The molecule has 0 fully saturated rings. The zero-order valence-corrected chi connectivity index (χ0v) is 17.1. The molecule has 0 aromatic heterocycles. The minimum atomic E-state index is -0.330. The summed E-state index contributed by atoms with van der Waals surface area (Å²) in [5.41, 5.74) is 4.20. The average molecular weight is 389 g/mol. The van der Waals surface area contributed by atoms with Gasteiger partial charge in [-0.1, -0.05) is 60.7 Å². The van der Waals surface area contributed by atoms with Crippen LogP contribution >= 0.6 is 0 Å². The van der Waals surface area contributed by atoms with Crippen molar-refractivity contribution in [1.29, 1.82) is 0 Å². The monoisotopic (exact) mass is 389 g/mol. The molecule has 150 valence electrons. The van der Waals surface area contributed by atoms with E-state index in [4.69, 9.17) is 9.47 Å².